The van der Waals surface area contributed by atoms with Crippen molar-refractivity contribution in [2.45, 2.75) is 25.9 Å². The van der Waals surface area contributed by atoms with Gasteiger partial charge in [-0.3, -0.25) is 14.5 Å². The molecule has 26 heavy (non-hydrogen) atoms. The number of carbonyl (C=O) groups excluding carboxylic acids is 1. The lowest BCUT2D eigenvalue weighted by atomic mass is 10.2. The predicted octanol–water partition coefficient (Wildman–Crippen LogP) is 1.34. The Balaban J connectivity index is 1.76. The monoisotopic (exact) mass is 361 g/mol. The Morgan fingerprint density at radius 3 is 2.77 bits per heavy atom. The Kier molecular flexibility index (Phi) is 5.72. The van der Waals surface area contributed by atoms with Gasteiger partial charge in [0.05, 0.1) is 24.3 Å². The number of hydrogen-bond donors (Lipinski definition) is 1. The lowest BCUT2D eigenvalue weighted by Gasteiger charge is -2.23. The first kappa shape index (κ1) is 18.2. The molecule has 0 saturated carbocycles. The van der Waals surface area contributed by atoms with Crippen LogP contribution in [0.4, 0.5) is 0 Å². The average Bonchev–Trinajstić information content (AvgIpc) is 3.12. The first-order valence-corrected chi connectivity index (χ1v) is 8.64. The second kappa shape index (κ2) is 8.18. The Labute approximate surface area is 151 Å². The number of hydrogen-bond acceptors (Lipinski definition) is 7. The second-order valence-electron chi connectivity index (χ2n) is 6.30. The number of aromatic nitrogens is 2. The summed E-state index contributed by atoms with van der Waals surface area (Å²) in [5.41, 5.74) is 0.264. The molecule has 8 heteroatoms. The molecule has 1 saturated heterocycles. The van der Waals surface area contributed by atoms with Gasteiger partial charge in [0.2, 0.25) is 0 Å². The number of aromatic amines is 1. The van der Waals surface area contributed by atoms with Gasteiger partial charge < -0.3 is 19.2 Å². The van der Waals surface area contributed by atoms with Gasteiger partial charge in [-0.15, -0.1) is 0 Å². The fraction of sp³-hybridized carbons (Fsp3) is 0.500. The lowest BCUT2D eigenvalue weighted by Crippen LogP contribution is -2.37. The van der Waals surface area contributed by atoms with Crippen LogP contribution in [-0.2, 0) is 9.53 Å². The summed E-state index contributed by atoms with van der Waals surface area (Å²) in [6.07, 6.45) is 3.28. The summed E-state index contributed by atoms with van der Waals surface area (Å²) in [5.74, 6) is 0.548. The maximum atomic E-state index is 11.9. The fourth-order valence-corrected chi connectivity index (χ4v) is 3.14. The summed E-state index contributed by atoms with van der Waals surface area (Å²) in [5, 5.41) is 0.422. The molecule has 1 aliphatic heterocycles. The molecule has 1 aromatic carbocycles. The van der Waals surface area contributed by atoms with Gasteiger partial charge >= 0.3 is 5.97 Å². The van der Waals surface area contributed by atoms with E-state index in [-0.39, 0.29) is 24.2 Å². The molecule has 8 nitrogen and oxygen atoms in total. The van der Waals surface area contributed by atoms with Crippen molar-refractivity contribution in [2.75, 3.05) is 33.4 Å². The number of esters is 1. The molecule has 0 aliphatic carbocycles. The third-order valence-electron chi connectivity index (χ3n) is 4.34. The van der Waals surface area contributed by atoms with Crippen molar-refractivity contribution in [1.82, 2.24) is 14.9 Å². The van der Waals surface area contributed by atoms with Crippen LogP contribution in [0.1, 0.15) is 19.8 Å². The maximum absolute atomic E-state index is 11.9. The zero-order chi connectivity index (χ0) is 18.5. The number of likely N-dealkylation sites (tertiary alicyclic amines) is 1. The van der Waals surface area contributed by atoms with Crippen molar-refractivity contribution in [1.29, 1.82) is 0 Å². The van der Waals surface area contributed by atoms with E-state index in [9.17, 15) is 9.59 Å². The zero-order valence-electron chi connectivity index (χ0n) is 15.0. The van der Waals surface area contributed by atoms with Crippen molar-refractivity contribution in [3.63, 3.8) is 0 Å². The predicted molar refractivity (Wildman–Crippen MR) is 95.6 cm³/mol. The van der Waals surface area contributed by atoms with E-state index in [2.05, 4.69) is 14.9 Å². The van der Waals surface area contributed by atoms with Crippen molar-refractivity contribution < 1.29 is 19.0 Å². The Morgan fingerprint density at radius 1 is 1.31 bits per heavy atom. The first-order valence-electron chi connectivity index (χ1n) is 8.64. The number of rotatable bonds is 7. The molecule has 2 aromatic rings. The van der Waals surface area contributed by atoms with Gasteiger partial charge in [-0.25, -0.2) is 4.98 Å². The highest BCUT2D eigenvalue weighted by Crippen LogP contribution is 2.30. The molecule has 3 rings (SSSR count). The number of fused-ring (bicyclic) bond motifs is 1. The lowest BCUT2D eigenvalue weighted by molar-refractivity contribution is -0.148. The normalized spacial score (nSPS) is 15.8. The van der Waals surface area contributed by atoms with Crippen molar-refractivity contribution in [3.8, 4) is 11.5 Å². The minimum absolute atomic E-state index is 0.196. The van der Waals surface area contributed by atoms with E-state index in [0.717, 1.165) is 25.9 Å². The molecule has 1 fully saturated rings. The van der Waals surface area contributed by atoms with Crippen LogP contribution < -0.4 is 15.0 Å². The van der Waals surface area contributed by atoms with E-state index < -0.39 is 0 Å². The molecule has 1 aliphatic rings. The molecule has 1 atom stereocenters. The Morgan fingerprint density at radius 2 is 2.08 bits per heavy atom. The molecule has 0 radical (unpaired) electrons. The smallest absolute Gasteiger partial charge is 0.303 e. The molecule has 1 N–H and O–H groups in total. The summed E-state index contributed by atoms with van der Waals surface area (Å²) in [7, 11) is 1.51. The van der Waals surface area contributed by atoms with Crippen LogP contribution in [0.5, 0.6) is 11.5 Å². The van der Waals surface area contributed by atoms with Crippen molar-refractivity contribution in [2.24, 2.45) is 0 Å². The largest absolute Gasteiger partial charge is 0.493 e. The average molecular weight is 361 g/mol. The van der Waals surface area contributed by atoms with E-state index in [1.54, 1.807) is 12.1 Å². The van der Waals surface area contributed by atoms with Gasteiger partial charge in [-0.1, -0.05) is 0 Å². The third kappa shape index (κ3) is 4.32. The number of nitrogens with one attached hydrogen (secondary N) is 1. The minimum atomic E-state index is -0.377. The number of methoxy groups -OCH3 is 1. The molecule has 0 spiro atoms. The Bertz CT molecular complexity index is 829. The van der Waals surface area contributed by atoms with Crippen LogP contribution in [-0.4, -0.2) is 60.3 Å². The summed E-state index contributed by atoms with van der Waals surface area (Å²) in [4.78, 5) is 32.2. The second-order valence-corrected chi connectivity index (χ2v) is 6.30. The highest BCUT2D eigenvalue weighted by molar-refractivity contribution is 5.81. The SMILES string of the molecule is COc1cc2c(=O)[nH]cnc2cc1OC[C@@H](CN1CCCC1)OC(C)=O. The van der Waals surface area contributed by atoms with E-state index in [0.29, 0.717) is 28.9 Å². The van der Waals surface area contributed by atoms with E-state index in [4.69, 9.17) is 14.2 Å². The molecule has 1 aromatic heterocycles. The molecule has 0 amide bonds. The van der Waals surface area contributed by atoms with Crippen LogP contribution in [0.15, 0.2) is 23.3 Å². The van der Waals surface area contributed by atoms with Crippen LogP contribution >= 0.6 is 0 Å². The quantitative estimate of drug-likeness (QED) is 0.744. The van der Waals surface area contributed by atoms with Crippen LogP contribution in [0, 0.1) is 0 Å². The highest BCUT2D eigenvalue weighted by atomic mass is 16.6. The highest BCUT2D eigenvalue weighted by Gasteiger charge is 2.21. The minimum Gasteiger partial charge on any atom is -0.493 e. The molecule has 2 heterocycles. The number of benzene rings is 1. The van der Waals surface area contributed by atoms with E-state index in [1.807, 2.05) is 0 Å². The van der Waals surface area contributed by atoms with E-state index >= 15 is 0 Å². The summed E-state index contributed by atoms with van der Waals surface area (Å²) < 4.78 is 16.6. The Hall–Kier alpha value is -2.61. The summed E-state index contributed by atoms with van der Waals surface area (Å²) in [6.45, 7) is 4.23. The van der Waals surface area contributed by atoms with Crippen LogP contribution in [0.2, 0.25) is 0 Å². The fourth-order valence-electron chi connectivity index (χ4n) is 3.14. The molecule has 140 valence electrons. The topological polar surface area (TPSA) is 93.8 Å². The van der Waals surface area contributed by atoms with Crippen molar-refractivity contribution >= 4 is 16.9 Å². The van der Waals surface area contributed by atoms with Gasteiger partial charge in [0.25, 0.3) is 5.56 Å². The third-order valence-corrected chi connectivity index (χ3v) is 4.34. The summed E-state index contributed by atoms with van der Waals surface area (Å²) >= 11 is 0. The molecular formula is C18H23N3O5. The van der Waals surface area contributed by atoms with Gasteiger partial charge in [-0.05, 0) is 32.0 Å². The zero-order valence-corrected chi connectivity index (χ0v) is 15.0. The number of carbonyl (C=O) groups is 1. The standard InChI is InChI=1S/C18H23N3O5/c1-12(22)26-13(9-21-5-3-4-6-21)10-25-17-8-15-14(7-16(17)24-2)18(23)20-11-19-15/h7-8,11,13H,3-6,9-10H2,1-2H3,(H,19,20,23)/t13-/m1/s1. The van der Waals surface area contributed by atoms with Gasteiger partial charge in [0, 0.05) is 19.5 Å². The van der Waals surface area contributed by atoms with Gasteiger partial charge in [0.15, 0.2) is 11.5 Å². The van der Waals surface area contributed by atoms with Gasteiger partial charge in [-0.2, -0.15) is 0 Å². The number of ether oxygens (including phenoxy) is 3. The number of nitrogens with zero attached hydrogens (tertiary/aromatic N) is 2. The van der Waals surface area contributed by atoms with Crippen LogP contribution in [0.25, 0.3) is 10.9 Å². The first-order chi connectivity index (χ1) is 12.6. The molecule has 0 bridgehead atoms. The molecular weight excluding hydrogens is 338 g/mol. The molecule has 0 unspecified atom stereocenters. The van der Waals surface area contributed by atoms with Crippen LogP contribution in [0.3, 0.4) is 0 Å². The van der Waals surface area contributed by atoms with Crippen molar-refractivity contribution in [3.05, 3.63) is 28.8 Å². The maximum Gasteiger partial charge on any atom is 0.303 e. The number of H-pyrrole nitrogens is 1. The van der Waals surface area contributed by atoms with E-state index in [1.165, 1.54) is 20.4 Å². The summed E-state index contributed by atoms with van der Waals surface area (Å²) in [6, 6.07) is 3.25. The van der Waals surface area contributed by atoms with Gasteiger partial charge in [0.1, 0.15) is 12.7 Å².